The maximum absolute atomic E-state index is 11.2. The third-order valence-electron chi connectivity index (χ3n) is 1.55. The molecule has 0 amide bonds. The van der Waals surface area contributed by atoms with Crippen molar-refractivity contribution in [2.45, 2.75) is 13.3 Å². The van der Waals surface area contributed by atoms with Crippen LogP contribution < -0.4 is 0 Å². The van der Waals surface area contributed by atoms with E-state index in [0.29, 0.717) is 11.3 Å². The van der Waals surface area contributed by atoms with Crippen LogP contribution in [-0.2, 0) is 7.05 Å². The van der Waals surface area contributed by atoms with E-state index in [4.69, 9.17) is 5.26 Å². The second-order valence-electron chi connectivity index (χ2n) is 2.56. The number of hydrogen-bond donors (Lipinski definition) is 0. The number of rotatable bonds is 2. The van der Waals surface area contributed by atoms with Gasteiger partial charge in [0.25, 0.3) is 0 Å². The Balaban J connectivity index is 2.96. The van der Waals surface area contributed by atoms with E-state index in [9.17, 15) is 4.79 Å². The van der Waals surface area contributed by atoms with Crippen molar-refractivity contribution in [1.29, 1.82) is 5.26 Å². The first-order valence-corrected chi connectivity index (χ1v) is 3.55. The smallest absolute Gasteiger partial charge is 0.180 e. The summed E-state index contributed by atoms with van der Waals surface area (Å²) >= 11 is 0. The first kappa shape index (κ1) is 8.47. The van der Waals surface area contributed by atoms with Gasteiger partial charge in [0.1, 0.15) is 0 Å². The minimum absolute atomic E-state index is 0.0769. The highest BCUT2D eigenvalue weighted by molar-refractivity contribution is 5.98. The predicted molar refractivity (Wildman–Crippen MR) is 42.5 cm³/mol. The van der Waals surface area contributed by atoms with Gasteiger partial charge in [-0.25, -0.2) is 0 Å². The molecule has 62 valence electrons. The van der Waals surface area contributed by atoms with Crippen LogP contribution in [0.3, 0.4) is 0 Å². The standard InChI is InChI=1S/C8H9N3O/c1-6-7(5-11(2)10-6)8(12)3-4-9/h5H,3H2,1-2H3. The van der Waals surface area contributed by atoms with Gasteiger partial charge in [-0.1, -0.05) is 0 Å². The molecular formula is C8H9N3O. The summed E-state index contributed by atoms with van der Waals surface area (Å²) in [5.41, 5.74) is 1.22. The molecule has 0 aliphatic carbocycles. The second kappa shape index (κ2) is 3.18. The zero-order chi connectivity index (χ0) is 9.14. The van der Waals surface area contributed by atoms with Crippen molar-refractivity contribution in [3.8, 4) is 6.07 Å². The number of carbonyl (C=O) groups is 1. The Morgan fingerprint density at radius 1 is 1.83 bits per heavy atom. The highest BCUT2D eigenvalue weighted by atomic mass is 16.1. The van der Waals surface area contributed by atoms with Crippen LogP contribution in [0.1, 0.15) is 22.5 Å². The Morgan fingerprint density at radius 3 is 2.92 bits per heavy atom. The third-order valence-corrected chi connectivity index (χ3v) is 1.55. The largest absolute Gasteiger partial charge is 0.293 e. The van der Waals surface area contributed by atoms with Crippen LogP contribution in [0.5, 0.6) is 0 Å². The Labute approximate surface area is 70.4 Å². The summed E-state index contributed by atoms with van der Waals surface area (Å²) in [5.74, 6) is -0.164. The summed E-state index contributed by atoms with van der Waals surface area (Å²) in [6, 6.07) is 1.82. The zero-order valence-electron chi connectivity index (χ0n) is 7.03. The second-order valence-corrected chi connectivity index (χ2v) is 2.56. The van der Waals surface area contributed by atoms with Crippen molar-refractivity contribution >= 4 is 5.78 Å². The van der Waals surface area contributed by atoms with Gasteiger partial charge in [0.05, 0.1) is 23.7 Å². The van der Waals surface area contributed by atoms with Crippen LogP contribution in [0.2, 0.25) is 0 Å². The molecule has 0 N–H and O–H groups in total. The summed E-state index contributed by atoms with van der Waals surface area (Å²) in [6.45, 7) is 1.75. The number of carbonyl (C=O) groups excluding carboxylic acids is 1. The van der Waals surface area contributed by atoms with Gasteiger partial charge >= 0.3 is 0 Å². The van der Waals surface area contributed by atoms with Gasteiger partial charge in [-0.15, -0.1) is 0 Å². The lowest BCUT2D eigenvalue weighted by Crippen LogP contribution is -1.97. The van der Waals surface area contributed by atoms with E-state index in [1.807, 2.05) is 6.07 Å². The molecule has 0 bridgehead atoms. The first-order valence-electron chi connectivity index (χ1n) is 3.55. The lowest BCUT2D eigenvalue weighted by molar-refractivity contribution is 0.0997. The lowest BCUT2D eigenvalue weighted by atomic mass is 10.1. The molecule has 4 nitrogen and oxygen atoms in total. The van der Waals surface area contributed by atoms with Gasteiger partial charge in [0.2, 0.25) is 0 Å². The fourth-order valence-electron chi connectivity index (χ4n) is 1.04. The van der Waals surface area contributed by atoms with Crippen molar-refractivity contribution in [1.82, 2.24) is 9.78 Å². The highest BCUT2D eigenvalue weighted by Gasteiger charge is 2.10. The molecule has 0 saturated carbocycles. The molecule has 1 aromatic rings. The lowest BCUT2D eigenvalue weighted by Gasteiger charge is -1.89. The predicted octanol–water partition coefficient (Wildman–Crippen LogP) is 0.825. The summed E-state index contributed by atoms with van der Waals surface area (Å²) in [7, 11) is 1.75. The monoisotopic (exact) mass is 163 g/mol. The summed E-state index contributed by atoms with van der Waals surface area (Å²) in [5, 5.41) is 12.3. The third kappa shape index (κ3) is 1.51. The van der Waals surface area contributed by atoms with Crippen LogP contribution in [-0.4, -0.2) is 15.6 Å². The molecule has 0 fully saturated rings. The molecular weight excluding hydrogens is 154 g/mol. The van der Waals surface area contributed by atoms with Crippen LogP contribution >= 0.6 is 0 Å². The Kier molecular flexibility index (Phi) is 2.24. The quantitative estimate of drug-likeness (QED) is 0.606. The van der Waals surface area contributed by atoms with E-state index < -0.39 is 0 Å². The molecule has 0 saturated heterocycles. The van der Waals surface area contributed by atoms with Gasteiger partial charge in [0, 0.05) is 13.2 Å². The normalized spacial score (nSPS) is 9.42. The Bertz CT molecular complexity index is 346. The molecule has 0 spiro atoms. The van der Waals surface area contributed by atoms with Crippen LogP contribution in [0.25, 0.3) is 0 Å². The summed E-state index contributed by atoms with van der Waals surface area (Å²) in [4.78, 5) is 11.2. The van der Waals surface area contributed by atoms with Crippen molar-refractivity contribution in [2.24, 2.45) is 7.05 Å². The molecule has 0 aliphatic heterocycles. The number of nitrogens with zero attached hydrogens (tertiary/aromatic N) is 3. The van der Waals surface area contributed by atoms with E-state index in [1.54, 1.807) is 24.9 Å². The van der Waals surface area contributed by atoms with Crippen LogP contribution in [0.4, 0.5) is 0 Å². The number of aromatic nitrogens is 2. The average Bonchev–Trinajstić information content (AvgIpc) is 2.30. The molecule has 12 heavy (non-hydrogen) atoms. The number of ketones is 1. The molecule has 0 aromatic carbocycles. The molecule has 4 heteroatoms. The average molecular weight is 163 g/mol. The fourth-order valence-corrected chi connectivity index (χ4v) is 1.04. The topological polar surface area (TPSA) is 58.7 Å². The van der Waals surface area contributed by atoms with Gasteiger partial charge < -0.3 is 0 Å². The van der Waals surface area contributed by atoms with Crippen molar-refractivity contribution in [3.05, 3.63) is 17.5 Å². The van der Waals surface area contributed by atoms with E-state index in [-0.39, 0.29) is 12.2 Å². The molecule has 0 unspecified atom stereocenters. The molecule has 1 aromatic heterocycles. The molecule has 1 heterocycles. The highest BCUT2D eigenvalue weighted by Crippen LogP contribution is 2.06. The first-order chi connectivity index (χ1) is 5.65. The number of aryl methyl sites for hydroxylation is 2. The summed E-state index contributed by atoms with van der Waals surface area (Å²) in [6.07, 6.45) is 1.56. The minimum atomic E-state index is -0.164. The van der Waals surface area contributed by atoms with Crippen molar-refractivity contribution < 1.29 is 4.79 Å². The Morgan fingerprint density at radius 2 is 2.50 bits per heavy atom. The van der Waals surface area contributed by atoms with E-state index in [0.717, 1.165) is 0 Å². The van der Waals surface area contributed by atoms with Gasteiger partial charge in [-0.05, 0) is 6.92 Å². The van der Waals surface area contributed by atoms with Crippen molar-refractivity contribution in [2.75, 3.05) is 0 Å². The maximum Gasteiger partial charge on any atom is 0.180 e. The Hall–Kier alpha value is -1.63. The molecule has 0 atom stereocenters. The zero-order valence-corrected chi connectivity index (χ0v) is 7.03. The van der Waals surface area contributed by atoms with Gasteiger partial charge in [0.15, 0.2) is 5.78 Å². The molecule has 0 radical (unpaired) electrons. The fraction of sp³-hybridized carbons (Fsp3) is 0.375. The van der Waals surface area contributed by atoms with Gasteiger partial charge in [-0.2, -0.15) is 10.4 Å². The summed E-state index contributed by atoms with van der Waals surface area (Å²) < 4.78 is 1.57. The van der Waals surface area contributed by atoms with Crippen molar-refractivity contribution in [3.63, 3.8) is 0 Å². The maximum atomic E-state index is 11.2. The van der Waals surface area contributed by atoms with E-state index in [1.165, 1.54) is 0 Å². The number of nitriles is 1. The van der Waals surface area contributed by atoms with E-state index >= 15 is 0 Å². The number of hydrogen-bond acceptors (Lipinski definition) is 3. The van der Waals surface area contributed by atoms with Gasteiger partial charge in [-0.3, -0.25) is 9.48 Å². The van der Waals surface area contributed by atoms with E-state index in [2.05, 4.69) is 5.10 Å². The molecule has 1 rings (SSSR count). The van der Waals surface area contributed by atoms with Crippen LogP contribution in [0.15, 0.2) is 6.20 Å². The van der Waals surface area contributed by atoms with Crippen LogP contribution in [0, 0.1) is 18.3 Å². The minimum Gasteiger partial charge on any atom is -0.293 e. The molecule has 0 aliphatic rings. The SMILES string of the molecule is Cc1nn(C)cc1C(=O)CC#N. The number of Topliss-reactive ketones (excluding diaryl/α,β-unsaturated/α-hetero) is 1.